The average Bonchev–Trinajstić information content (AvgIpc) is 2.62. The molecule has 2 aliphatic heterocycles. The zero-order valence-electron chi connectivity index (χ0n) is 10.2. The fraction of sp³-hybridized carbons (Fsp3) is 0.692. The van der Waals surface area contributed by atoms with E-state index in [1.165, 1.54) is 0 Å². The molecule has 0 amide bonds. The summed E-state index contributed by atoms with van der Waals surface area (Å²) in [6.45, 7) is 1.81. The van der Waals surface area contributed by atoms with E-state index in [9.17, 15) is 14.7 Å². The molecule has 0 aromatic heterocycles. The molecule has 2 unspecified atom stereocenters. The summed E-state index contributed by atoms with van der Waals surface area (Å²) in [5.74, 6) is -0.0544. The molecule has 5 heteroatoms. The van der Waals surface area contributed by atoms with Crippen LogP contribution in [0.5, 0.6) is 0 Å². The van der Waals surface area contributed by atoms with Crippen LogP contribution < -0.4 is 0 Å². The monoisotopic (exact) mass is 268 g/mol. The van der Waals surface area contributed by atoms with Gasteiger partial charge in [-0.2, -0.15) is 11.8 Å². The van der Waals surface area contributed by atoms with Crippen molar-refractivity contribution in [3.8, 4) is 0 Å². The Balaban J connectivity index is 2.03. The number of hydrogen-bond donors (Lipinski definition) is 1. The number of carboxylic acid groups (broad SMARTS) is 1. The van der Waals surface area contributed by atoms with E-state index in [-0.39, 0.29) is 29.8 Å². The van der Waals surface area contributed by atoms with E-state index in [1.54, 1.807) is 0 Å². The van der Waals surface area contributed by atoms with Crippen molar-refractivity contribution >= 4 is 23.7 Å². The molecular weight excluding hydrogens is 252 g/mol. The lowest BCUT2D eigenvalue weighted by Crippen LogP contribution is -2.43. The second kappa shape index (κ2) is 4.30. The van der Waals surface area contributed by atoms with Gasteiger partial charge in [-0.1, -0.05) is 11.6 Å². The molecule has 0 radical (unpaired) electrons. The normalized spacial score (nSPS) is 42.6. The maximum atomic E-state index is 11.8. The summed E-state index contributed by atoms with van der Waals surface area (Å²) in [7, 11) is 0. The zero-order valence-corrected chi connectivity index (χ0v) is 11.0. The summed E-state index contributed by atoms with van der Waals surface area (Å²) < 4.78 is 5.24. The Morgan fingerprint density at radius 1 is 1.56 bits per heavy atom. The highest BCUT2D eigenvalue weighted by Gasteiger charge is 2.54. The van der Waals surface area contributed by atoms with Gasteiger partial charge in [0.05, 0.1) is 11.8 Å². The Labute approximate surface area is 110 Å². The maximum Gasteiger partial charge on any atom is 0.313 e. The number of aliphatic carboxylic acids is 1. The highest BCUT2D eigenvalue weighted by Crippen LogP contribution is 2.48. The minimum absolute atomic E-state index is 0.0990. The molecule has 18 heavy (non-hydrogen) atoms. The topological polar surface area (TPSA) is 63.6 Å². The number of hydrogen-bond acceptors (Lipinski definition) is 4. The van der Waals surface area contributed by atoms with Gasteiger partial charge in [0.25, 0.3) is 0 Å². The third-order valence-corrected chi connectivity index (χ3v) is 5.44. The predicted molar refractivity (Wildman–Crippen MR) is 67.2 cm³/mol. The van der Waals surface area contributed by atoms with E-state index in [1.807, 2.05) is 24.8 Å². The fourth-order valence-corrected chi connectivity index (χ4v) is 4.71. The average molecular weight is 268 g/mol. The standard InChI is InChI=1S/C13H16O4S/c1-6-10-9(13(16)17-6)4-7-5-18-3-2-8(7)11(10)12(14)15/h4,6,8-11H,2-3,5H2,1H3,(H,14,15)/t6?,8-,9-,10-,11?/m1/s1. The smallest absolute Gasteiger partial charge is 0.313 e. The Bertz CT molecular complexity index is 431. The molecule has 0 bridgehead atoms. The first-order valence-corrected chi connectivity index (χ1v) is 7.46. The molecule has 3 rings (SSSR count). The molecule has 3 aliphatic rings. The first-order chi connectivity index (χ1) is 8.59. The Morgan fingerprint density at radius 2 is 2.33 bits per heavy atom. The van der Waals surface area contributed by atoms with Gasteiger partial charge in [-0.3, -0.25) is 9.59 Å². The fourth-order valence-electron chi connectivity index (χ4n) is 3.59. The van der Waals surface area contributed by atoms with Gasteiger partial charge < -0.3 is 9.84 Å². The number of fused-ring (bicyclic) bond motifs is 2. The summed E-state index contributed by atoms with van der Waals surface area (Å²) in [4.78, 5) is 23.4. The lowest BCUT2D eigenvalue weighted by atomic mass is 9.66. The van der Waals surface area contributed by atoms with Gasteiger partial charge >= 0.3 is 11.9 Å². The summed E-state index contributed by atoms with van der Waals surface area (Å²) in [6, 6.07) is 0. The largest absolute Gasteiger partial charge is 0.481 e. The number of carboxylic acids is 1. The summed E-state index contributed by atoms with van der Waals surface area (Å²) in [5.41, 5.74) is 1.14. The predicted octanol–water partition coefficient (Wildman–Crippen LogP) is 1.56. The molecule has 5 atom stereocenters. The van der Waals surface area contributed by atoms with E-state index in [0.717, 1.165) is 23.5 Å². The van der Waals surface area contributed by atoms with Crippen molar-refractivity contribution in [2.75, 3.05) is 11.5 Å². The van der Waals surface area contributed by atoms with Crippen LogP contribution >= 0.6 is 11.8 Å². The van der Waals surface area contributed by atoms with Gasteiger partial charge in [0.15, 0.2) is 0 Å². The molecule has 2 fully saturated rings. The van der Waals surface area contributed by atoms with Crippen molar-refractivity contribution in [3.05, 3.63) is 11.6 Å². The third-order valence-electron chi connectivity index (χ3n) is 4.38. The number of carbonyl (C=O) groups is 2. The van der Waals surface area contributed by atoms with E-state index in [4.69, 9.17) is 4.74 Å². The summed E-state index contributed by atoms with van der Waals surface area (Å²) in [5, 5.41) is 9.53. The maximum absolute atomic E-state index is 11.8. The van der Waals surface area contributed by atoms with Crippen molar-refractivity contribution < 1.29 is 19.4 Å². The highest BCUT2D eigenvalue weighted by molar-refractivity contribution is 7.99. The van der Waals surface area contributed by atoms with E-state index in [0.29, 0.717) is 0 Å². The van der Waals surface area contributed by atoms with Crippen LogP contribution in [0.3, 0.4) is 0 Å². The molecule has 4 nitrogen and oxygen atoms in total. The number of thioether (sulfide) groups is 1. The van der Waals surface area contributed by atoms with Crippen molar-refractivity contribution in [2.24, 2.45) is 23.7 Å². The molecular formula is C13H16O4S. The molecule has 0 aromatic rings. The lowest BCUT2D eigenvalue weighted by molar-refractivity contribution is -0.147. The molecule has 2 heterocycles. The van der Waals surface area contributed by atoms with Gasteiger partial charge in [-0.05, 0) is 25.0 Å². The van der Waals surface area contributed by atoms with Crippen LogP contribution in [0.25, 0.3) is 0 Å². The zero-order chi connectivity index (χ0) is 12.9. The van der Waals surface area contributed by atoms with Crippen LogP contribution in [0, 0.1) is 23.7 Å². The second-order valence-corrected chi connectivity index (χ2v) is 6.40. The van der Waals surface area contributed by atoms with Crippen LogP contribution in [0.2, 0.25) is 0 Å². The van der Waals surface area contributed by atoms with E-state index in [2.05, 4.69) is 0 Å². The Hall–Kier alpha value is -0.970. The number of carbonyl (C=O) groups excluding carboxylic acids is 1. The summed E-state index contributed by atoms with van der Waals surface area (Å²) in [6.07, 6.45) is 2.61. The first kappa shape index (κ1) is 12.1. The number of esters is 1. The highest BCUT2D eigenvalue weighted by atomic mass is 32.2. The molecule has 1 aliphatic carbocycles. The number of cyclic esters (lactones) is 1. The van der Waals surface area contributed by atoms with Crippen LogP contribution in [-0.4, -0.2) is 34.7 Å². The molecule has 0 saturated carbocycles. The molecule has 0 aromatic carbocycles. The quantitative estimate of drug-likeness (QED) is 0.577. The van der Waals surface area contributed by atoms with Crippen molar-refractivity contribution in [3.63, 3.8) is 0 Å². The Morgan fingerprint density at radius 3 is 3.06 bits per heavy atom. The second-order valence-electron chi connectivity index (χ2n) is 5.30. The van der Waals surface area contributed by atoms with E-state index < -0.39 is 11.9 Å². The molecule has 1 N–H and O–H groups in total. The SMILES string of the molecule is CC1OC(=O)[C@@H]2C=C3CSCC[C@H]3C(C(=O)O)[C@H]12. The molecule has 2 saturated heterocycles. The van der Waals surface area contributed by atoms with Crippen molar-refractivity contribution in [1.82, 2.24) is 0 Å². The minimum atomic E-state index is -0.780. The van der Waals surface area contributed by atoms with E-state index >= 15 is 0 Å². The van der Waals surface area contributed by atoms with Gasteiger partial charge in [0.2, 0.25) is 0 Å². The van der Waals surface area contributed by atoms with Gasteiger partial charge in [-0.15, -0.1) is 0 Å². The van der Waals surface area contributed by atoms with Crippen LogP contribution in [0.1, 0.15) is 13.3 Å². The van der Waals surface area contributed by atoms with Gasteiger partial charge in [-0.25, -0.2) is 0 Å². The number of rotatable bonds is 1. The molecule has 98 valence electrons. The third kappa shape index (κ3) is 1.67. The van der Waals surface area contributed by atoms with Crippen LogP contribution in [0.4, 0.5) is 0 Å². The first-order valence-electron chi connectivity index (χ1n) is 6.31. The molecule has 0 spiro atoms. The summed E-state index contributed by atoms with van der Waals surface area (Å²) >= 11 is 1.82. The van der Waals surface area contributed by atoms with Gasteiger partial charge in [0.1, 0.15) is 6.10 Å². The Kier molecular flexibility index (Phi) is 2.88. The van der Waals surface area contributed by atoms with Crippen molar-refractivity contribution in [2.45, 2.75) is 19.4 Å². The lowest BCUT2D eigenvalue weighted by Gasteiger charge is -2.39. The van der Waals surface area contributed by atoms with Gasteiger partial charge in [0, 0.05) is 11.7 Å². The number of ether oxygens (including phenoxy) is 1. The van der Waals surface area contributed by atoms with Crippen LogP contribution in [-0.2, 0) is 14.3 Å². The van der Waals surface area contributed by atoms with Crippen molar-refractivity contribution in [1.29, 1.82) is 0 Å². The van der Waals surface area contributed by atoms with Crippen LogP contribution in [0.15, 0.2) is 11.6 Å². The minimum Gasteiger partial charge on any atom is -0.481 e.